The first-order valence-electron chi connectivity index (χ1n) is 10.4. The van der Waals surface area contributed by atoms with Crippen LogP contribution in [0.3, 0.4) is 0 Å². The van der Waals surface area contributed by atoms with E-state index in [9.17, 15) is 4.79 Å². The van der Waals surface area contributed by atoms with E-state index in [-0.39, 0.29) is 6.42 Å². The summed E-state index contributed by atoms with van der Waals surface area (Å²) in [6.07, 6.45) is 4.03. The van der Waals surface area contributed by atoms with Crippen molar-refractivity contribution in [2.45, 2.75) is 39.2 Å². The van der Waals surface area contributed by atoms with Gasteiger partial charge in [0.05, 0.1) is 29.4 Å². The van der Waals surface area contributed by atoms with Crippen LogP contribution in [0.4, 0.5) is 0 Å². The number of carboxylic acids is 1. The fraction of sp³-hybridized carbons (Fsp3) is 0.292. The number of oxazole rings is 1. The number of aliphatic carboxylic acids is 1. The molecule has 0 bridgehead atoms. The van der Waals surface area contributed by atoms with Gasteiger partial charge in [-0.15, -0.1) is 0 Å². The maximum atomic E-state index is 10.7. The van der Waals surface area contributed by atoms with E-state index in [4.69, 9.17) is 14.3 Å². The van der Waals surface area contributed by atoms with Crippen molar-refractivity contribution in [2.75, 3.05) is 6.61 Å². The molecule has 0 aliphatic heterocycles. The van der Waals surface area contributed by atoms with Gasteiger partial charge in [0.15, 0.2) is 0 Å². The Hall–Kier alpha value is -3.61. The molecule has 4 aromatic rings. The minimum atomic E-state index is -0.793. The Bertz CT molecular complexity index is 1160. The third-order valence-electron chi connectivity index (χ3n) is 5.14. The normalized spacial score (nSPS) is 11.1. The number of ether oxygens (including phenoxy) is 1. The summed E-state index contributed by atoms with van der Waals surface area (Å²) in [5.74, 6) is 1.47. The van der Waals surface area contributed by atoms with Crippen LogP contribution in [0.2, 0.25) is 0 Å². The minimum Gasteiger partial charge on any atom is -0.493 e. The molecule has 2 aromatic heterocycles. The molecule has 0 aliphatic carbocycles. The molecule has 1 N–H and O–H groups in total. The molecule has 0 aliphatic rings. The van der Waals surface area contributed by atoms with Crippen molar-refractivity contribution in [3.63, 3.8) is 0 Å². The van der Waals surface area contributed by atoms with E-state index in [2.05, 4.69) is 10.1 Å². The molecular weight excluding hydrogens is 394 g/mol. The number of benzene rings is 2. The second-order valence-electron chi connectivity index (χ2n) is 7.39. The molecule has 31 heavy (non-hydrogen) atoms. The summed E-state index contributed by atoms with van der Waals surface area (Å²) < 4.78 is 13.7. The number of rotatable bonds is 10. The van der Waals surface area contributed by atoms with Gasteiger partial charge in [0, 0.05) is 18.5 Å². The lowest BCUT2D eigenvalue weighted by atomic mass is 10.2. The van der Waals surface area contributed by atoms with Crippen LogP contribution in [-0.2, 0) is 17.8 Å². The molecule has 0 atom stereocenters. The van der Waals surface area contributed by atoms with E-state index in [0.717, 1.165) is 46.5 Å². The maximum absolute atomic E-state index is 10.7. The van der Waals surface area contributed by atoms with Crippen LogP contribution in [0.5, 0.6) is 5.75 Å². The fourth-order valence-electron chi connectivity index (χ4n) is 3.55. The van der Waals surface area contributed by atoms with E-state index in [1.165, 1.54) is 0 Å². The number of carboxylic acid groups (broad SMARTS) is 1. The zero-order valence-electron chi connectivity index (χ0n) is 17.5. The Morgan fingerprint density at radius 3 is 2.77 bits per heavy atom. The monoisotopic (exact) mass is 419 g/mol. The number of aromatic nitrogens is 3. The van der Waals surface area contributed by atoms with Gasteiger partial charge in [0.25, 0.3) is 0 Å². The van der Waals surface area contributed by atoms with Crippen LogP contribution in [-0.4, -0.2) is 32.4 Å². The molecule has 0 spiro atoms. The predicted octanol–water partition coefficient (Wildman–Crippen LogP) is 4.88. The van der Waals surface area contributed by atoms with Crippen LogP contribution in [0.1, 0.15) is 30.7 Å². The number of hydrogen-bond acceptors (Lipinski definition) is 5. The summed E-state index contributed by atoms with van der Waals surface area (Å²) in [5, 5.41) is 14.1. The van der Waals surface area contributed by atoms with Gasteiger partial charge in [0.2, 0.25) is 5.89 Å². The Kier molecular flexibility index (Phi) is 6.31. The number of nitrogens with zero attached hydrogens (tertiary/aromatic N) is 3. The van der Waals surface area contributed by atoms with Crippen molar-refractivity contribution in [3.05, 3.63) is 66.2 Å². The molecule has 0 unspecified atom stereocenters. The number of carbonyl (C=O) groups is 1. The van der Waals surface area contributed by atoms with Crippen LogP contribution in [0.15, 0.2) is 59.1 Å². The van der Waals surface area contributed by atoms with Crippen molar-refractivity contribution in [2.24, 2.45) is 0 Å². The zero-order chi connectivity index (χ0) is 21.6. The van der Waals surface area contributed by atoms with Crippen molar-refractivity contribution >= 4 is 16.9 Å². The first-order chi connectivity index (χ1) is 15.1. The highest BCUT2D eigenvalue weighted by atomic mass is 16.5. The largest absolute Gasteiger partial charge is 0.493 e. The summed E-state index contributed by atoms with van der Waals surface area (Å²) in [6.45, 7) is 3.06. The number of hydrogen-bond donors (Lipinski definition) is 1. The van der Waals surface area contributed by atoms with Gasteiger partial charge in [-0.2, -0.15) is 5.10 Å². The summed E-state index contributed by atoms with van der Waals surface area (Å²) in [5.41, 5.74) is 2.87. The second kappa shape index (κ2) is 9.47. The Morgan fingerprint density at radius 1 is 1.13 bits per heavy atom. The van der Waals surface area contributed by atoms with E-state index in [1.807, 2.05) is 60.1 Å². The lowest BCUT2D eigenvalue weighted by Crippen LogP contribution is -2.03. The van der Waals surface area contributed by atoms with Crippen LogP contribution in [0, 0.1) is 6.92 Å². The van der Waals surface area contributed by atoms with Gasteiger partial charge in [-0.25, -0.2) is 4.98 Å². The summed E-state index contributed by atoms with van der Waals surface area (Å²) in [4.78, 5) is 15.4. The smallest absolute Gasteiger partial charge is 0.303 e. The van der Waals surface area contributed by atoms with Gasteiger partial charge in [0.1, 0.15) is 11.5 Å². The summed E-state index contributed by atoms with van der Waals surface area (Å²) >= 11 is 0. The molecule has 0 saturated carbocycles. The molecule has 0 fully saturated rings. The molecule has 160 valence electrons. The molecule has 2 heterocycles. The van der Waals surface area contributed by atoms with Gasteiger partial charge in [-0.1, -0.05) is 24.3 Å². The molecule has 7 heteroatoms. The lowest BCUT2D eigenvalue weighted by molar-refractivity contribution is -0.137. The SMILES string of the molecule is Cc1oc(-c2ccccc2)nc1CCCOc1cccc2c1cnn2CCCC(=O)O. The summed E-state index contributed by atoms with van der Waals surface area (Å²) in [6, 6.07) is 15.7. The van der Waals surface area contributed by atoms with Crippen molar-refractivity contribution < 1.29 is 19.1 Å². The topological polar surface area (TPSA) is 90.4 Å². The molecule has 0 amide bonds. The fourth-order valence-corrected chi connectivity index (χ4v) is 3.55. The molecule has 0 radical (unpaired) electrons. The molecular formula is C24H25N3O4. The highest BCUT2D eigenvalue weighted by Gasteiger charge is 2.12. The van der Waals surface area contributed by atoms with Gasteiger partial charge >= 0.3 is 5.97 Å². The average molecular weight is 419 g/mol. The summed E-state index contributed by atoms with van der Waals surface area (Å²) in [7, 11) is 0. The molecule has 0 saturated heterocycles. The van der Waals surface area contributed by atoms with Crippen LogP contribution in [0.25, 0.3) is 22.4 Å². The average Bonchev–Trinajstić information content (AvgIpc) is 3.36. The third kappa shape index (κ3) is 4.94. The Labute approximate surface area is 180 Å². The number of fused-ring (bicyclic) bond motifs is 1. The van der Waals surface area contributed by atoms with Gasteiger partial charge in [-0.05, 0) is 50.5 Å². The van der Waals surface area contributed by atoms with Gasteiger partial charge < -0.3 is 14.3 Å². The first-order valence-corrected chi connectivity index (χ1v) is 10.4. The predicted molar refractivity (Wildman–Crippen MR) is 117 cm³/mol. The quantitative estimate of drug-likeness (QED) is 0.369. The van der Waals surface area contributed by atoms with E-state index in [1.54, 1.807) is 6.20 Å². The zero-order valence-corrected chi connectivity index (χ0v) is 17.5. The molecule has 2 aromatic carbocycles. The Balaban J connectivity index is 1.34. The molecule has 4 rings (SSSR count). The van der Waals surface area contributed by atoms with E-state index >= 15 is 0 Å². The Morgan fingerprint density at radius 2 is 1.97 bits per heavy atom. The minimum absolute atomic E-state index is 0.130. The third-order valence-corrected chi connectivity index (χ3v) is 5.14. The first kappa shape index (κ1) is 20.7. The van der Waals surface area contributed by atoms with E-state index in [0.29, 0.717) is 25.5 Å². The van der Waals surface area contributed by atoms with Crippen molar-refractivity contribution in [1.29, 1.82) is 0 Å². The maximum Gasteiger partial charge on any atom is 0.303 e. The second-order valence-corrected chi connectivity index (χ2v) is 7.39. The van der Waals surface area contributed by atoms with Gasteiger partial charge in [-0.3, -0.25) is 9.48 Å². The standard InChI is InChI=1S/C24H25N3O4/c1-17-20(26-24(31-17)18-8-3-2-4-9-18)10-7-15-30-22-12-5-11-21-19(22)16-25-27(21)14-6-13-23(28)29/h2-5,8-9,11-12,16H,6-7,10,13-15H2,1H3,(H,28,29). The highest BCUT2D eigenvalue weighted by Crippen LogP contribution is 2.26. The van der Waals surface area contributed by atoms with Crippen LogP contribution >= 0.6 is 0 Å². The lowest BCUT2D eigenvalue weighted by Gasteiger charge is -2.08. The van der Waals surface area contributed by atoms with Crippen molar-refractivity contribution in [3.8, 4) is 17.2 Å². The van der Waals surface area contributed by atoms with Crippen molar-refractivity contribution in [1.82, 2.24) is 14.8 Å². The molecule has 7 nitrogen and oxygen atoms in total. The highest BCUT2D eigenvalue weighted by molar-refractivity contribution is 5.85. The van der Waals surface area contributed by atoms with Crippen LogP contribution < -0.4 is 4.74 Å². The van der Waals surface area contributed by atoms with E-state index < -0.39 is 5.97 Å². The number of aryl methyl sites for hydroxylation is 3.